The maximum atomic E-state index is 12.3. The van der Waals surface area contributed by atoms with Crippen LogP contribution in [-0.2, 0) is 20.8 Å². The highest BCUT2D eigenvalue weighted by molar-refractivity contribution is 5.78. The highest BCUT2D eigenvalue weighted by atomic mass is 16.4. The Morgan fingerprint density at radius 1 is 0.769 bits per heavy atom. The van der Waals surface area contributed by atoms with Crippen molar-refractivity contribution in [3.05, 3.63) is 35.9 Å². The van der Waals surface area contributed by atoms with E-state index in [4.69, 9.17) is 5.11 Å². The third kappa shape index (κ3) is 6.86. The predicted octanol–water partition coefficient (Wildman–Crippen LogP) is 2.33. The van der Waals surface area contributed by atoms with E-state index in [0.29, 0.717) is 51.9 Å². The molecule has 26 heavy (non-hydrogen) atoms. The van der Waals surface area contributed by atoms with Crippen molar-refractivity contribution >= 4 is 17.8 Å². The van der Waals surface area contributed by atoms with Crippen LogP contribution in [0.15, 0.2) is 30.3 Å². The number of carboxylic acids is 1. The van der Waals surface area contributed by atoms with Crippen LogP contribution in [0.3, 0.4) is 0 Å². The van der Waals surface area contributed by atoms with E-state index in [0.717, 1.165) is 12.8 Å². The highest BCUT2D eigenvalue weighted by Gasteiger charge is 2.23. The van der Waals surface area contributed by atoms with E-state index in [1.807, 2.05) is 23.1 Å². The minimum atomic E-state index is -0.822. The summed E-state index contributed by atoms with van der Waals surface area (Å²) in [6, 6.07) is 10.2. The summed E-state index contributed by atoms with van der Waals surface area (Å²) in [5.41, 5.74) is 1.25. The summed E-state index contributed by atoms with van der Waals surface area (Å²) in [4.78, 5) is 38.5. The average molecular weight is 360 g/mol. The first-order chi connectivity index (χ1) is 12.6. The molecule has 1 saturated heterocycles. The molecule has 0 spiro atoms. The largest absolute Gasteiger partial charge is 0.481 e. The maximum Gasteiger partial charge on any atom is 0.303 e. The zero-order valence-electron chi connectivity index (χ0n) is 15.2. The Labute approximate surface area is 154 Å². The van der Waals surface area contributed by atoms with Gasteiger partial charge in [0.1, 0.15) is 0 Å². The molecule has 2 rings (SSSR count). The number of piperazine rings is 1. The predicted molar refractivity (Wildman–Crippen MR) is 98.6 cm³/mol. The zero-order chi connectivity index (χ0) is 18.8. The summed E-state index contributed by atoms with van der Waals surface area (Å²) in [6.07, 6.45) is 3.91. The first-order valence-corrected chi connectivity index (χ1v) is 9.37. The van der Waals surface area contributed by atoms with Gasteiger partial charge >= 0.3 is 5.97 Å². The van der Waals surface area contributed by atoms with E-state index in [-0.39, 0.29) is 18.2 Å². The fourth-order valence-electron chi connectivity index (χ4n) is 3.16. The van der Waals surface area contributed by atoms with Crippen molar-refractivity contribution in [2.24, 2.45) is 0 Å². The SMILES string of the molecule is O=C(O)CCCCC(=O)N1CCN(C(=O)CCCc2ccccc2)CC1. The van der Waals surface area contributed by atoms with E-state index in [1.54, 1.807) is 4.90 Å². The van der Waals surface area contributed by atoms with Gasteiger partial charge in [-0.2, -0.15) is 0 Å². The average Bonchev–Trinajstić information content (AvgIpc) is 2.66. The van der Waals surface area contributed by atoms with Crippen molar-refractivity contribution in [3.63, 3.8) is 0 Å². The fourth-order valence-corrected chi connectivity index (χ4v) is 3.16. The van der Waals surface area contributed by atoms with Gasteiger partial charge in [0.2, 0.25) is 11.8 Å². The van der Waals surface area contributed by atoms with Crippen molar-refractivity contribution in [1.29, 1.82) is 0 Å². The number of rotatable bonds is 9. The third-order valence-electron chi connectivity index (χ3n) is 4.72. The van der Waals surface area contributed by atoms with E-state index in [2.05, 4.69) is 12.1 Å². The minimum absolute atomic E-state index is 0.0616. The van der Waals surface area contributed by atoms with Gasteiger partial charge in [-0.25, -0.2) is 0 Å². The zero-order valence-corrected chi connectivity index (χ0v) is 15.2. The Balaban J connectivity index is 1.61. The molecule has 1 fully saturated rings. The second kappa shape index (κ2) is 10.6. The van der Waals surface area contributed by atoms with Crippen molar-refractivity contribution in [2.75, 3.05) is 26.2 Å². The topological polar surface area (TPSA) is 77.9 Å². The number of carbonyl (C=O) groups is 3. The number of nitrogens with zero attached hydrogens (tertiary/aromatic N) is 2. The highest BCUT2D eigenvalue weighted by Crippen LogP contribution is 2.11. The van der Waals surface area contributed by atoms with Crippen LogP contribution in [0.4, 0.5) is 0 Å². The standard InChI is InChI=1S/C20H28N2O4/c23-18(10-4-5-12-20(25)26)21-13-15-22(16-14-21)19(24)11-6-9-17-7-2-1-3-8-17/h1-3,7-8H,4-6,9-16H2,(H,25,26). The molecule has 2 amide bonds. The summed E-state index contributed by atoms with van der Waals surface area (Å²) in [5.74, 6) is -0.599. The van der Waals surface area contributed by atoms with Gasteiger partial charge in [-0.1, -0.05) is 30.3 Å². The molecule has 0 bridgehead atoms. The van der Waals surface area contributed by atoms with Gasteiger partial charge in [-0.05, 0) is 31.2 Å². The molecule has 0 unspecified atom stereocenters. The fraction of sp³-hybridized carbons (Fsp3) is 0.550. The molecule has 6 nitrogen and oxygen atoms in total. The lowest BCUT2D eigenvalue weighted by Gasteiger charge is -2.35. The first-order valence-electron chi connectivity index (χ1n) is 9.37. The maximum absolute atomic E-state index is 12.3. The number of aliphatic carboxylic acids is 1. The second-order valence-corrected chi connectivity index (χ2v) is 6.70. The molecule has 1 aromatic carbocycles. The molecule has 1 aromatic rings. The molecule has 0 aromatic heterocycles. The molecule has 6 heteroatoms. The molecule has 142 valence electrons. The van der Waals surface area contributed by atoms with Gasteiger partial charge in [0.05, 0.1) is 0 Å². The van der Waals surface area contributed by atoms with Crippen molar-refractivity contribution in [2.45, 2.75) is 44.9 Å². The number of amides is 2. The summed E-state index contributed by atoms with van der Waals surface area (Å²) >= 11 is 0. The minimum Gasteiger partial charge on any atom is -0.481 e. The van der Waals surface area contributed by atoms with Crippen LogP contribution in [-0.4, -0.2) is 58.9 Å². The number of unbranched alkanes of at least 4 members (excludes halogenated alkanes) is 1. The van der Waals surface area contributed by atoms with Crippen LogP contribution < -0.4 is 0 Å². The van der Waals surface area contributed by atoms with Crippen LogP contribution in [0.25, 0.3) is 0 Å². The smallest absolute Gasteiger partial charge is 0.303 e. The molecule has 1 heterocycles. The quantitative estimate of drug-likeness (QED) is 0.686. The monoisotopic (exact) mass is 360 g/mol. The van der Waals surface area contributed by atoms with Crippen molar-refractivity contribution < 1.29 is 19.5 Å². The molecule has 0 atom stereocenters. The van der Waals surface area contributed by atoms with E-state index in [1.165, 1.54) is 5.56 Å². The summed E-state index contributed by atoms with van der Waals surface area (Å²) in [7, 11) is 0. The molecular weight excluding hydrogens is 332 g/mol. The number of carbonyl (C=O) groups excluding carboxylic acids is 2. The second-order valence-electron chi connectivity index (χ2n) is 6.70. The van der Waals surface area contributed by atoms with Gasteiger partial charge in [0, 0.05) is 45.4 Å². The molecular formula is C20H28N2O4. The molecule has 1 aliphatic rings. The Bertz CT molecular complexity index is 595. The summed E-state index contributed by atoms with van der Waals surface area (Å²) < 4.78 is 0. The van der Waals surface area contributed by atoms with Gasteiger partial charge in [-0.3, -0.25) is 14.4 Å². The van der Waals surface area contributed by atoms with Crippen LogP contribution in [0, 0.1) is 0 Å². The number of hydrogen-bond acceptors (Lipinski definition) is 3. The van der Waals surface area contributed by atoms with E-state index in [9.17, 15) is 14.4 Å². The molecule has 0 radical (unpaired) electrons. The lowest BCUT2D eigenvalue weighted by Crippen LogP contribution is -2.50. The lowest BCUT2D eigenvalue weighted by molar-refractivity contribution is -0.139. The Morgan fingerprint density at radius 3 is 1.81 bits per heavy atom. The van der Waals surface area contributed by atoms with Crippen LogP contribution in [0.1, 0.15) is 44.1 Å². The number of hydrogen-bond donors (Lipinski definition) is 1. The van der Waals surface area contributed by atoms with Gasteiger partial charge in [0.25, 0.3) is 0 Å². The van der Waals surface area contributed by atoms with Gasteiger partial charge in [0.15, 0.2) is 0 Å². The Kier molecular flexibility index (Phi) is 8.12. The third-order valence-corrected chi connectivity index (χ3v) is 4.72. The van der Waals surface area contributed by atoms with Gasteiger partial charge < -0.3 is 14.9 Å². The van der Waals surface area contributed by atoms with Crippen LogP contribution >= 0.6 is 0 Å². The molecule has 1 aliphatic heterocycles. The molecule has 0 saturated carbocycles. The van der Waals surface area contributed by atoms with Crippen molar-refractivity contribution in [3.8, 4) is 0 Å². The first kappa shape index (κ1) is 19.9. The Morgan fingerprint density at radius 2 is 1.27 bits per heavy atom. The van der Waals surface area contributed by atoms with Crippen LogP contribution in [0.2, 0.25) is 0 Å². The summed E-state index contributed by atoms with van der Waals surface area (Å²) in [6.45, 7) is 2.32. The number of benzene rings is 1. The van der Waals surface area contributed by atoms with Gasteiger partial charge in [-0.15, -0.1) is 0 Å². The van der Waals surface area contributed by atoms with Crippen LogP contribution in [0.5, 0.6) is 0 Å². The number of carboxylic acid groups (broad SMARTS) is 1. The lowest BCUT2D eigenvalue weighted by atomic mass is 10.1. The normalized spacial score (nSPS) is 14.3. The van der Waals surface area contributed by atoms with E-state index >= 15 is 0 Å². The molecule has 0 aliphatic carbocycles. The van der Waals surface area contributed by atoms with Crippen molar-refractivity contribution in [1.82, 2.24) is 9.80 Å². The van der Waals surface area contributed by atoms with E-state index < -0.39 is 5.97 Å². The number of aryl methyl sites for hydroxylation is 1. The Hall–Kier alpha value is -2.37. The molecule has 1 N–H and O–H groups in total. The summed E-state index contributed by atoms with van der Waals surface area (Å²) in [5, 5.41) is 8.60.